The molecule has 1 aliphatic rings. The van der Waals surface area contributed by atoms with Gasteiger partial charge in [0.2, 0.25) is 5.91 Å². The van der Waals surface area contributed by atoms with Crippen LogP contribution in [0.2, 0.25) is 0 Å². The number of nitrogens with one attached hydrogen (secondary N) is 1. The van der Waals surface area contributed by atoms with Crippen molar-refractivity contribution in [2.45, 2.75) is 32.2 Å². The van der Waals surface area contributed by atoms with Gasteiger partial charge in [-0.1, -0.05) is 12.1 Å². The Bertz CT molecular complexity index is 1100. The standard InChI is InChI=1S/C23H29N7O2/c1-32-18-8-4-16(5-9-18)14-30-21-19(13-28-30)20(10-11-26-21)29-22(31)17-6-2-15(3-7-17)12-27-23(24)25/h4-5,8-11,13,15,17H,2-3,6-7,12,14H2,1H3,(H4,24,25,27)(H,26,29,31). The molecule has 168 valence electrons. The highest BCUT2D eigenvalue weighted by molar-refractivity contribution is 6.00. The van der Waals surface area contributed by atoms with Crippen LogP contribution >= 0.6 is 0 Å². The summed E-state index contributed by atoms with van der Waals surface area (Å²) < 4.78 is 7.05. The SMILES string of the molecule is COc1ccc(Cn2ncc3c(NC(=O)C4CCC(CN=C(N)N)CC4)ccnc32)cc1. The lowest BCUT2D eigenvalue weighted by Crippen LogP contribution is -2.29. The summed E-state index contributed by atoms with van der Waals surface area (Å²) in [6.45, 7) is 1.22. The van der Waals surface area contributed by atoms with E-state index < -0.39 is 0 Å². The number of carbonyl (C=O) groups is 1. The molecule has 1 saturated carbocycles. The molecule has 1 amide bonds. The number of hydrogen-bond donors (Lipinski definition) is 3. The summed E-state index contributed by atoms with van der Waals surface area (Å²) in [6.07, 6.45) is 7.02. The number of amides is 1. The van der Waals surface area contributed by atoms with E-state index in [2.05, 4.69) is 20.4 Å². The zero-order valence-electron chi connectivity index (χ0n) is 18.2. The molecule has 0 atom stereocenters. The van der Waals surface area contributed by atoms with Crippen molar-refractivity contribution in [3.8, 4) is 5.75 Å². The molecule has 32 heavy (non-hydrogen) atoms. The van der Waals surface area contributed by atoms with Crippen LogP contribution in [-0.2, 0) is 11.3 Å². The average Bonchev–Trinajstić information content (AvgIpc) is 3.22. The molecule has 2 heterocycles. The average molecular weight is 436 g/mol. The lowest BCUT2D eigenvalue weighted by molar-refractivity contribution is -0.121. The van der Waals surface area contributed by atoms with Crippen LogP contribution < -0.4 is 21.5 Å². The van der Waals surface area contributed by atoms with Crippen LogP contribution in [0.15, 0.2) is 47.7 Å². The van der Waals surface area contributed by atoms with Crippen LogP contribution in [0, 0.1) is 11.8 Å². The van der Waals surface area contributed by atoms with Gasteiger partial charge in [-0.3, -0.25) is 9.79 Å². The van der Waals surface area contributed by atoms with Gasteiger partial charge in [0.25, 0.3) is 0 Å². The number of carbonyl (C=O) groups excluding carboxylic acids is 1. The minimum Gasteiger partial charge on any atom is -0.497 e. The van der Waals surface area contributed by atoms with Crippen LogP contribution in [0.1, 0.15) is 31.2 Å². The van der Waals surface area contributed by atoms with Crippen molar-refractivity contribution in [2.24, 2.45) is 28.3 Å². The summed E-state index contributed by atoms with van der Waals surface area (Å²) in [5.74, 6) is 1.40. The number of methoxy groups -OCH3 is 1. The highest BCUT2D eigenvalue weighted by Gasteiger charge is 2.26. The number of hydrogen-bond acceptors (Lipinski definition) is 5. The Balaban J connectivity index is 1.41. The molecule has 1 aliphatic carbocycles. The zero-order valence-corrected chi connectivity index (χ0v) is 18.2. The second-order valence-corrected chi connectivity index (χ2v) is 8.22. The lowest BCUT2D eigenvalue weighted by atomic mass is 9.81. The highest BCUT2D eigenvalue weighted by Crippen LogP contribution is 2.31. The van der Waals surface area contributed by atoms with Crippen LogP contribution in [0.5, 0.6) is 5.75 Å². The Morgan fingerprint density at radius 1 is 1.19 bits per heavy atom. The maximum atomic E-state index is 12.9. The molecule has 1 fully saturated rings. The van der Waals surface area contributed by atoms with Gasteiger partial charge in [0.15, 0.2) is 11.6 Å². The minimum absolute atomic E-state index is 0.0111. The van der Waals surface area contributed by atoms with Crippen molar-refractivity contribution in [1.29, 1.82) is 0 Å². The first kappa shape index (κ1) is 21.6. The molecule has 4 rings (SSSR count). The van der Waals surface area contributed by atoms with E-state index >= 15 is 0 Å². The summed E-state index contributed by atoms with van der Waals surface area (Å²) in [7, 11) is 1.65. The fourth-order valence-electron chi connectivity index (χ4n) is 4.18. The number of ether oxygens (including phenoxy) is 1. The molecule has 1 aromatic carbocycles. The van der Waals surface area contributed by atoms with E-state index in [1.54, 1.807) is 19.5 Å². The van der Waals surface area contributed by atoms with Gasteiger partial charge in [-0.25, -0.2) is 9.67 Å². The molecule has 9 nitrogen and oxygen atoms in total. The Kier molecular flexibility index (Phi) is 6.53. The fourth-order valence-corrected chi connectivity index (χ4v) is 4.18. The smallest absolute Gasteiger partial charge is 0.227 e. The molecule has 0 spiro atoms. The third kappa shape index (κ3) is 4.99. The largest absolute Gasteiger partial charge is 0.497 e. The first-order valence-corrected chi connectivity index (χ1v) is 10.8. The molecular weight excluding hydrogens is 406 g/mol. The van der Waals surface area contributed by atoms with E-state index in [1.165, 1.54) is 0 Å². The lowest BCUT2D eigenvalue weighted by Gasteiger charge is -2.26. The maximum Gasteiger partial charge on any atom is 0.227 e. The predicted molar refractivity (Wildman–Crippen MR) is 124 cm³/mol. The molecular formula is C23H29N7O2. The van der Waals surface area contributed by atoms with E-state index in [1.807, 2.05) is 35.0 Å². The van der Waals surface area contributed by atoms with E-state index in [4.69, 9.17) is 16.2 Å². The molecule has 0 aliphatic heterocycles. The molecule has 3 aromatic rings. The van der Waals surface area contributed by atoms with Gasteiger partial charge in [0, 0.05) is 18.7 Å². The Morgan fingerprint density at radius 2 is 1.94 bits per heavy atom. The zero-order chi connectivity index (χ0) is 22.5. The number of rotatable bonds is 7. The Labute approximate surface area is 186 Å². The third-order valence-corrected chi connectivity index (χ3v) is 6.04. The number of aliphatic imine (C=N–C) groups is 1. The monoisotopic (exact) mass is 435 g/mol. The van der Waals surface area contributed by atoms with Crippen molar-refractivity contribution < 1.29 is 9.53 Å². The fraction of sp³-hybridized carbons (Fsp3) is 0.391. The van der Waals surface area contributed by atoms with Crippen LogP contribution in [0.3, 0.4) is 0 Å². The molecule has 0 unspecified atom stereocenters. The Morgan fingerprint density at radius 3 is 2.62 bits per heavy atom. The summed E-state index contributed by atoms with van der Waals surface area (Å²) in [5, 5.41) is 8.42. The van der Waals surface area contributed by atoms with Gasteiger partial charge >= 0.3 is 0 Å². The molecule has 0 radical (unpaired) electrons. The Hall–Kier alpha value is -3.62. The molecule has 0 saturated heterocycles. The highest BCUT2D eigenvalue weighted by atomic mass is 16.5. The normalized spacial score (nSPS) is 18.3. The maximum absolute atomic E-state index is 12.9. The van der Waals surface area contributed by atoms with Crippen molar-refractivity contribution in [3.05, 3.63) is 48.3 Å². The number of fused-ring (bicyclic) bond motifs is 1. The number of guanidine groups is 1. The number of nitrogens with zero attached hydrogens (tertiary/aromatic N) is 4. The molecule has 5 N–H and O–H groups in total. The first-order chi connectivity index (χ1) is 15.5. The number of aromatic nitrogens is 3. The predicted octanol–water partition coefficient (Wildman–Crippen LogP) is 2.51. The van der Waals surface area contributed by atoms with Gasteiger partial charge in [-0.2, -0.15) is 5.10 Å². The third-order valence-electron chi connectivity index (χ3n) is 6.04. The second kappa shape index (κ2) is 9.67. The van der Waals surface area contributed by atoms with Gasteiger partial charge < -0.3 is 21.5 Å². The van der Waals surface area contributed by atoms with Crippen LogP contribution in [0.4, 0.5) is 5.69 Å². The van der Waals surface area contributed by atoms with Crippen LogP contribution in [0.25, 0.3) is 11.0 Å². The summed E-state index contributed by atoms with van der Waals surface area (Å²) >= 11 is 0. The number of benzene rings is 1. The van der Waals surface area contributed by atoms with E-state index in [0.717, 1.165) is 53.7 Å². The van der Waals surface area contributed by atoms with Crippen molar-refractivity contribution in [2.75, 3.05) is 19.0 Å². The summed E-state index contributed by atoms with van der Waals surface area (Å²) in [6, 6.07) is 9.67. The molecule has 2 aromatic heterocycles. The van der Waals surface area contributed by atoms with Crippen molar-refractivity contribution >= 4 is 28.6 Å². The molecule has 9 heteroatoms. The van der Waals surface area contributed by atoms with Gasteiger partial charge in [0.1, 0.15) is 5.75 Å². The van der Waals surface area contributed by atoms with Crippen LogP contribution in [-0.4, -0.2) is 40.3 Å². The second-order valence-electron chi connectivity index (χ2n) is 8.22. The number of pyridine rings is 1. The summed E-state index contributed by atoms with van der Waals surface area (Å²) in [5.41, 5.74) is 13.4. The number of anilines is 1. The van der Waals surface area contributed by atoms with Crippen molar-refractivity contribution in [1.82, 2.24) is 14.8 Å². The molecule has 0 bridgehead atoms. The number of nitrogens with two attached hydrogens (primary N) is 2. The van der Waals surface area contributed by atoms with E-state index in [-0.39, 0.29) is 17.8 Å². The topological polar surface area (TPSA) is 133 Å². The summed E-state index contributed by atoms with van der Waals surface area (Å²) in [4.78, 5) is 21.5. The van der Waals surface area contributed by atoms with Gasteiger partial charge in [0.05, 0.1) is 30.9 Å². The van der Waals surface area contributed by atoms with Gasteiger partial charge in [-0.05, 0) is 55.4 Å². The first-order valence-electron chi connectivity index (χ1n) is 10.8. The quantitative estimate of drug-likeness (QED) is 0.386. The minimum atomic E-state index is -0.0111. The van der Waals surface area contributed by atoms with Gasteiger partial charge in [-0.15, -0.1) is 0 Å². The van der Waals surface area contributed by atoms with E-state index in [9.17, 15) is 4.79 Å². The van der Waals surface area contributed by atoms with Crippen molar-refractivity contribution in [3.63, 3.8) is 0 Å². The van der Waals surface area contributed by atoms with E-state index in [0.29, 0.717) is 19.0 Å².